The van der Waals surface area contributed by atoms with Crippen LogP contribution in [0.25, 0.3) is 0 Å². The van der Waals surface area contributed by atoms with Crippen LogP contribution in [0.5, 0.6) is 0 Å². The van der Waals surface area contributed by atoms with Crippen molar-refractivity contribution >= 4 is 5.78 Å². The molecule has 0 rings (SSSR count). The van der Waals surface area contributed by atoms with Crippen LogP contribution in [0.4, 0.5) is 0 Å². The molecule has 1 unspecified atom stereocenters. The van der Waals surface area contributed by atoms with Crippen LogP contribution in [0, 0.1) is 0 Å². The zero-order chi connectivity index (χ0) is 9.07. The number of aliphatic hydroxyl groups is 1. The molecule has 12 heavy (non-hydrogen) atoms. The Morgan fingerprint density at radius 2 is 1.83 bits per heavy atom. The summed E-state index contributed by atoms with van der Waals surface area (Å²) in [5.74, 6) is -0.0712. The molecule has 74 valence electrons. The van der Waals surface area contributed by atoms with Crippen molar-refractivity contribution < 1.29 is 31.4 Å². The van der Waals surface area contributed by atoms with Gasteiger partial charge in [-0.3, -0.25) is 4.79 Å². The molecule has 0 aliphatic heterocycles. The second kappa shape index (κ2) is 5.67. The Balaban J connectivity index is 0. The van der Waals surface area contributed by atoms with Gasteiger partial charge < -0.3 is 26.6 Å². The van der Waals surface area contributed by atoms with Crippen molar-refractivity contribution in [1.82, 2.24) is 0 Å². The number of hydrogen-bond acceptors (Lipinski definition) is 2. The third kappa shape index (κ3) is 6.76. The molecule has 0 amide bonds. The van der Waals surface area contributed by atoms with Gasteiger partial charge in [0.15, 0.2) is 11.9 Å². The molecule has 0 radical (unpaired) electrons. The number of quaternary nitrogens is 1. The van der Waals surface area contributed by atoms with Crippen molar-refractivity contribution in [2.75, 3.05) is 27.7 Å². The first kappa shape index (κ1) is 14.6. The summed E-state index contributed by atoms with van der Waals surface area (Å²) in [6.45, 7) is 2.26. The molecule has 0 spiro atoms. The smallest absolute Gasteiger partial charge is 0.166 e. The van der Waals surface area contributed by atoms with Crippen molar-refractivity contribution in [3.8, 4) is 0 Å². The number of rotatable bonds is 4. The molecule has 3 nitrogen and oxygen atoms in total. The summed E-state index contributed by atoms with van der Waals surface area (Å²) in [5, 5.41) is 9.29. The summed E-state index contributed by atoms with van der Waals surface area (Å²) < 4.78 is 0.618. The number of likely N-dealkylation sites (N-methyl/N-ethyl adjacent to an activating group) is 1. The molecule has 0 aromatic rings. The molecule has 1 N–H and O–H groups in total. The van der Waals surface area contributed by atoms with E-state index >= 15 is 0 Å². The molecule has 0 saturated heterocycles. The van der Waals surface area contributed by atoms with Crippen molar-refractivity contribution in [2.45, 2.75) is 19.4 Å². The number of ketones is 1. The van der Waals surface area contributed by atoms with Crippen LogP contribution in [-0.2, 0) is 4.79 Å². The van der Waals surface area contributed by atoms with E-state index in [4.69, 9.17) is 0 Å². The fourth-order valence-electron chi connectivity index (χ4n) is 0.856. The molecule has 0 aromatic heterocycles. The van der Waals surface area contributed by atoms with Crippen LogP contribution in [-0.4, -0.2) is 49.2 Å². The minimum atomic E-state index is -0.792. The summed E-state index contributed by atoms with van der Waals surface area (Å²) >= 11 is 0. The lowest BCUT2D eigenvalue weighted by molar-refractivity contribution is -0.872. The summed E-state index contributed by atoms with van der Waals surface area (Å²) in [5.41, 5.74) is 0. The predicted molar refractivity (Wildman–Crippen MR) is 44.2 cm³/mol. The summed E-state index contributed by atoms with van der Waals surface area (Å²) in [6, 6.07) is 0. The summed E-state index contributed by atoms with van der Waals surface area (Å²) in [6.07, 6.45) is -0.374. The van der Waals surface area contributed by atoms with Crippen LogP contribution in [0.2, 0.25) is 0 Å². The van der Waals surface area contributed by atoms with E-state index in [1.807, 2.05) is 21.1 Å². The Morgan fingerprint density at radius 1 is 1.42 bits per heavy atom. The lowest BCUT2D eigenvalue weighted by atomic mass is 10.2. The second-order valence-electron chi connectivity index (χ2n) is 3.81. The molecule has 0 aliphatic rings. The maximum absolute atomic E-state index is 10.9. The standard InChI is InChI=1S/C8H18NO2.BrH/c1-5-7(10)8(11)6-9(2,3)4;/h8,11H,5-6H2,1-4H3;1H/q+1;/p-1. The molecule has 0 aromatic carbocycles. The Kier molecular flexibility index (Phi) is 6.89. The van der Waals surface area contributed by atoms with E-state index in [0.717, 1.165) is 0 Å². The number of nitrogens with zero attached hydrogens (tertiary/aromatic N) is 1. The largest absolute Gasteiger partial charge is 1.00 e. The molecular formula is C8H18BrNO2. The number of carbonyl (C=O) groups is 1. The molecule has 4 heteroatoms. The molecule has 0 bridgehead atoms. The number of aliphatic hydroxyl groups excluding tert-OH is 1. The van der Waals surface area contributed by atoms with Gasteiger partial charge in [-0.2, -0.15) is 0 Å². The van der Waals surface area contributed by atoms with E-state index in [-0.39, 0.29) is 22.8 Å². The monoisotopic (exact) mass is 239 g/mol. The first-order valence-corrected chi connectivity index (χ1v) is 3.88. The zero-order valence-corrected chi connectivity index (χ0v) is 9.76. The highest BCUT2D eigenvalue weighted by Crippen LogP contribution is 1.97. The lowest BCUT2D eigenvalue weighted by Gasteiger charge is -2.25. The van der Waals surface area contributed by atoms with Gasteiger partial charge in [-0.05, 0) is 0 Å². The van der Waals surface area contributed by atoms with Gasteiger partial charge >= 0.3 is 0 Å². The quantitative estimate of drug-likeness (QED) is 0.533. The van der Waals surface area contributed by atoms with Crippen molar-refractivity contribution in [1.29, 1.82) is 0 Å². The number of Topliss-reactive ketones (excluding diaryl/α,β-unsaturated/α-hetero) is 1. The third-order valence-corrected chi connectivity index (χ3v) is 1.44. The highest BCUT2D eigenvalue weighted by Gasteiger charge is 2.20. The summed E-state index contributed by atoms with van der Waals surface area (Å²) in [7, 11) is 5.85. The van der Waals surface area contributed by atoms with Crippen molar-refractivity contribution in [2.24, 2.45) is 0 Å². The van der Waals surface area contributed by atoms with Crippen LogP contribution in [0.3, 0.4) is 0 Å². The topological polar surface area (TPSA) is 37.3 Å². The average molecular weight is 240 g/mol. The van der Waals surface area contributed by atoms with Gasteiger partial charge in [0.2, 0.25) is 0 Å². The highest BCUT2D eigenvalue weighted by molar-refractivity contribution is 5.82. The number of carbonyl (C=O) groups excluding carboxylic acids is 1. The van der Waals surface area contributed by atoms with Crippen LogP contribution >= 0.6 is 0 Å². The van der Waals surface area contributed by atoms with Gasteiger partial charge in [0.1, 0.15) is 6.54 Å². The van der Waals surface area contributed by atoms with E-state index in [9.17, 15) is 9.90 Å². The van der Waals surface area contributed by atoms with E-state index < -0.39 is 6.10 Å². The maximum atomic E-state index is 10.9. The first-order valence-electron chi connectivity index (χ1n) is 3.88. The zero-order valence-electron chi connectivity index (χ0n) is 8.17. The number of hydrogen-bond donors (Lipinski definition) is 1. The van der Waals surface area contributed by atoms with Gasteiger partial charge in [0.25, 0.3) is 0 Å². The van der Waals surface area contributed by atoms with Gasteiger partial charge in [0.05, 0.1) is 21.1 Å². The Bertz CT molecular complexity index is 142. The van der Waals surface area contributed by atoms with E-state index in [1.54, 1.807) is 6.92 Å². The van der Waals surface area contributed by atoms with E-state index in [1.165, 1.54) is 0 Å². The third-order valence-electron chi connectivity index (χ3n) is 1.44. The Hall–Kier alpha value is 0.0700. The van der Waals surface area contributed by atoms with Gasteiger partial charge in [-0.1, -0.05) is 6.92 Å². The van der Waals surface area contributed by atoms with Gasteiger partial charge in [-0.25, -0.2) is 0 Å². The van der Waals surface area contributed by atoms with Crippen LogP contribution in [0.15, 0.2) is 0 Å². The Morgan fingerprint density at radius 3 is 2.08 bits per heavy atom. The van der Waals surface area contributed by atoms with Crippen LogP contribution < -0.4 is 17.0 Å². The molecular weight excluding hydrogens is 222 g/mol. The van der Waals surface area contributed by atoms with Crippen LogP contribution in [0.1, 0.15) is 13.3 Å². The van der Waals surface area contributed by atoms with Crippen molar-refractivity contribution in [3.05, 3.63) is 0 Å². The molecule has 0 heterocycles. The highest BCUT2D eigenvalue weighted by atomic mass is 79.9. The fraction of sp³-hybridized carbons (Fsp3) is 0.875. The molecule has 0 aliphatic carbocycles. The lowest BCUT2D eigenvalue weighted by Crippen LogP contribution is -3.00. The Labute approximate surface area is 84.7 Å². The average Bonchev–Trinajstić information content (AvgIpc) is 1.82. The van der Waals surface area contributed by atoms with E-state index in [2.05, 4.69) is 0 Å². The summed E-state index contributed by atoms with van der Waals surface area (Å²) in [4.78, 5) is 10.9. The first-order chi connectivity index (χ1) is 4.87. The van der Waals surface area contributed by atoms with Crippen molar-refractivity contribution in [3.63, 3.8) is 0 Å². The second-order valence-corrected chi connectivity index (χ2v) is 3.81. The number of halogens is 1. The minimum Gasteiger partial charge on any atom is -1.00 e. The fourth-order valence-corrected chi connectivity index (χ4v) is 0.856. The maximum Gasteiger partial charge on any atom is 0.166 e. The van der Waals surface area contributed by atoms with E-state index in [0.29, 0.717) is 17.4 Å². The molecule has 0 saturated carbocycles. The molecule has 1 atom stereocenters. The van der Waals surface area contributed by atoms with Gasteiger partial charge in [0, 0.05) is 6.42 Å². The SMILES string of the molecule is CCC(=O)C(O)C[N+](C)(C)C.[Br-]. The minimum absolute atomic E-state index is 0. The normalized spacial score (nSPS) is 13.4. The predicted octanol–water partition coefficient (Wildman–Crippen LogP) is -2.96. The molecule has 0 fully saturated rings. The van der Waals surface area contributed by atoms with Gasteiger partial charge in [-0.15, -0.1) is 0 Å².